The van der Waals surface area contributed by atoms with Gasteiger partial charge < -0.3 is 25.2 Å². The number of fused-ring (bicyclic) bond motifs is 1. The van der Waals surface area contributed by atoms with Gasteiger partial charge in [-0.3, -0.25) is 4.79 Å². The second kappa shape index (κ2) is 5.90. The Hall–Kier alpha value is -2.44. The van der Waals surface area contributed by atoms with Gasteiger partial charge in [-0.2, -0.15) is 0 Å². The van der Waals surface area contributed by atoms with Crippen LogP contribution in [0.1, 0.15) is 26.7 Å². The zero-order valence-corrected chi connectivity index (χ0v) is 11.9. The lowest BCUT2D eigenvalue weighted by Crippen LogP contribution is -2.45. The van der Waals surface area contributed by atoms with Gasteiger partial charge in [-0.25, -0.2) is 4.79 Å². The summed E-state index contributed by atoms with van der Waals surface area (Å²) >= 11 is 0. The van der Waals surface area contributed by atoms with Gasteiger partial charge in [0.15, 0.2) is 11.5 Å². The van der Waals surface area contributed by atoms with E-state index in [9.17, 15) is 9.59 Å². The van der Waals surface area contributed by atoms with Gasteiger partial charge in [-0.05, 0) is 32.4 Å². The maximum atomic E-state index is 11.9. The summed E-state index contributed by atoms with van der Waals surface area (Å²) in [6.45, 7) is 3.72. The zero-order valence-electron chi connectivity index (χ0n) is 11.9. The number of nitrogens with one attached hydrogen (secondary N) is 2. The van der Waals surface area contributed by atoms with Crippen LogP contribution >= 0.6 is 0 Å². The van der Waals surface area contributed by atoms with E-state index in [-0.39, 0.29) is 13.2 Å². The van der Waals surface area contributed by atoms with Gasteiger partial charge in [0, 0.05) is 23.7 Å². The Bertz CT molecular complexity index is 556. The highest BCUT2D eigenvalue weighted by atomic mass is 16.7. The van der Waals surface area contributed by atoms with Gasteiger partial charge in [0.1, 0.15) is 0 Å². The minimum atomic E-state index is -0.888. The fraction of sp³-hybridized carbons (Fsp3) is 0.429. The minimum Gasteiger partial charge on any atom is -0.481 e. The molecule has 7 nitrogen and oxygen atoms in total. The summed E-state index contributed by atoms with van der Waals surface area (Å²) in [5.41, 5.74) is -0.0375. The zero-order chi connectivity index (χ0) is 15.5. The van der Waals surface area contributed by atoms with Crippen LogP contribution in [0.2, 0.25) is 0 Å². The molecule has 0 aliphatic carbocycles. The first-order valence-corrected chi connectivity index (χ1v) is 6.56. The molecule has 1 aromatic rings. The summed E-state index contributed by atoms with van der Waals surface area (Å²) in [5, 5.41) is 14.1. The van der Waals surface area contributed by atoms with Crippen molar-refractivity contribution in [1.29, 1.82) is 0 Å². The molecule has 0 spiro atoms. The molecule has 7 heteroatoms. The van der Waals surface area contributed by atoms with Crippen LogP contribution in [0.15, 0.2) is 18.2 Å². The first-order chi connectivity index (χ1) is 9.85. The molecule has 1 aliphatic rings. The number of urea groups is 1. The van der Waals surface area contributed by atoms with Crippen molar-refractivity contribution < 1.29 is 24.2 Å². The maximum Gasteiger partial charge on any atom is 0.319 e. The molecule has 1 aromatic carbocycles. The number of hydrogen-bond donors (Lipinski definition) is 3. The lowest BCUT2D eigenvalue weighted by Gasteiger charge is -2.25. The first kappa shape index (κ1) is 15.0. The van der Waals surface area contributed by atoms with Gasteiger partial charge in [-0.1, -0.05) is 0 Å². The number of aliphatic carboxylic acids is 1. The number of carboxylic acids is 1. The number of carboxylic acid groups (broad SMARTS) is 1. The smallest absolute Gasteiger partial charge is 0.319 e. The highest BCUT2D eigenvalue weighted by molar-refractivity contribution is 5.90. The number of anilines is 1. The molecular formula is C14H18N2O5. The van der Waals surface area contributed by atoms with Crippen LogP contribution in [0.25, 0.3) is 0 Å². The molecule has 0 atom stereocenters. The summed E-state index contributed by atoms with van der Waals surface area (Å²) < 4.78 is 10.4. The molecule has 21 heavy (non-hydrogen) atoms. The van der Waals surface area contributed by atoms with Crippen molar-refractivity contribution in [3.05, 3.63) is 18.2 Å². The van der Waals surface area contributed by atoms with E-state index < -0.39 is 17.5 Å². The highest BCUT2D eigenvalue weighted by Crippen LogP contribution is 2.34. The standard InChI is InChI=1S/C14H18N2O5/c1-14(2,6-5-12(17)18)16-13(19)15-9-3-4-10-11(7-9)21-8-20-10/h3-4,7H,5-6,8H2,1-2H3,(H,17,18)(H2,15,16,19). The fourth-order valence-corrected chi connectivity index (χ4v) is 1.93. The number of benzene rings is 1. The van der Waals surface area contributed by atoms with Crippen LogP contribution in [-0.2, 0) is 4.79 Å². The van der Waals surface area contributed by atoms with Gasteiger partial charge in [0.05, 0.1) is 0 Å². The molecule has 1 heterocycles. The predicted octanol–water partition coefficient (Wildman–Crippen LogP) is 2.18. The van der Waals surface area contributed by atoms with Crippen molar-refractivity contribution in [3.8, 4) is 11.5 Å². The number of ether oxygens (including phenoxy) is 2. The average Bonchev–Trinajstić information content (AvgIpc) is 2.83. The molecule has 0 fully saturated rings. The van der Waals surface area contributed by atoms with Gasteiger partial charge >= 0.3 is 12.0 Å². The summed E-state index contributed by atoms with van der Waals surface area (Å²) in [5.74, 6) is 0.335. The van der Waals surface area contributed by atoms with Crippen LogP contribution in [0, 0.1) is 0 Å². The lowest BCUT2D eigenvalue weighted by molar-refractivity contribution is -0.137. The topological polar surface area (TPSA) is 96.9 Å². The molecule has 0 bridgehead atoms. The molecular weight excluding hydrogens is 276 g/mol. The second-order valence-corrected chi connectivity index (χ2v) is 5.42. The Labute approximate surface area is 122 Å². The normalized spacial score (nSPS) is 12.9. The minimum absolute atomic E-state index is 0.00267. The molecule has 1 aliphatic heterocycles. The lowest BCUT2D eigenvalue weighted by atomic mass is 9.99. The van der Waals surface area contributed by atoms with Gasteiger partial charge in [-0.15, -0.1) is 0 Å². The number of carbonyl (C=O) groups excluding carboxylic acids is 1. The van der Waals surface area contributed by atoms with Crippen molar-refractivity contribution in [2.45, 2.75) is 32.2 Å². The molecule has 0 unspecified atom stereocenters. The maximum absolute atomic E-state index is 11.9. The molecule has 114 valence electrons. The third-order valence-electron chi connectivity index (χ3n) is 3.05. The molecule has 2 amide bonds. The van der Waals surface area contributed by atoms with Crippen LogP contribution in [-0.4, -0.2) is 29.4 Å². The van der Waals surface area contributed by atoms with Crippen LogP contribution in [0.5, 0.6) is 11.5 Å². The van der Waals surface area contributed by atoms with E-state index in [2.05, 4.69) is 10.6 Å². The number of rotatable bonds is 5. The number of carbonyl (C=O) groups is 2. The van der Waals surface area contributed by atoms with E-state index in [1.807, 2.05) is 0 Å². The van der Waals surface area contributed by atoms with Gasteiger partial charge in [0.2, 0.25) is 6.79 Å². The summed E-state index contributed by atoms with van der Waals surface area (Å²) in [6.07, 6.45) is 0.341. The number of hydrogen-bond acceptors (Lipinski definition) is 4. The quantitative estimate of drug-likeness (QED) is 0.773. The summed E-state index contributed by atoms with van der Waals surface area (Å²) in [6, 6.07) is 4.70. The Kier molecular flexibility index (Phi) is 4.21. The van der Waals surface area contributed by atoms with Crippen molar-refractivity contribution in [2.24, 2.45) is 0 Å². The van der Waals surface area contributed by atoms with E-state index in [1.54, 1.807) is 32.0 Å². The second-order valence-electron chi connectivity index (χ2n) is 5.42. The molecule has 0 radical (unpaired) electrons. The van der Waals surface area contributed by atoms with E-state index >= 15 is 0 Å². The monoisotopic (exact) mass is 294 g/mol. The first-order valence-electron chi connectivity index (χ1n) is 6.56. The predicted molar refractivity (Wildman–Crippen MR) is 75.7 cm³/mol. The molecule has 3 N–H and O–H groups in total. The highest BCUT2D eigenvalue weighted by Gasteiger charge is 2.22. The Morgan fingerprint density at radius 2 is 2.00 bits per heavy atom. The Balaban J connectivity index is 1.90. The van der Waals surface area contributed by atoms with Crippen LogP contribution in [0.3, 0.4) is 0 Å². The van der Waals surface area contributed by atoms with Crippen LogP contribution in [0.4, 0.5) is 10.5 Å². The summed E-state index contributed by atoms with van der Waals surface area (Å²) in [4.78, 5) is 22.5. The molecule has 2 rings (SSSR count). The SMILES string of the molecule is CC(C)(CCC(=O)O)NC(=O)Nc1ccc2c(c1)OCO2. The third-order valence-corrected chi connectivity index (χ3v) is 3.05. The van der Waals surface area contributed by atoms with E-state index in [0.29, 0.717) is 23.6 Å². The summed E-state index contributed by atoms with van der Waals surface area (Å²) in [7, 11) is 0. The molecule has 0 aromatic heterocycles. The molecule has 0 saturated heterocycles. The van der Waals surface area contributed by atoms with E-state index in [1.165, 1.54) is 0 Å². The van der Waals surface area contributed by atoms with Crippen molar-refractivity contribution >= 4 is 17.7 Å². The van der Waals surface area contributed by atoms with Crippen molar-refractivity contribution in [3.63, 3.8) is 0 Å². The van der Waals surface area contributed by atoms with E-state index in [0.717, 1.165) is 0 Å². The fourth-order valence-electron chi connectivity index (χ4n) is 1.93. The molecule has 0 saturated carbocycles. The average molecular weight is 294 g/mol. The number of amides is 2. The van der Waals surface area contributed by atoms with Crippen molar-refractivity contribution in [1.82, 2.24) is 5.32 Å². The van der Waals surface area contributed by atoms with Crippen LogP contribution < -0.4 is 20.1 Å². The largest absolute Gasteiger partial charge is 0.481 e. The van der Waals surface area contributed by atoms with Gasteiger partial charge in [0.25, 0.3) is 0 Å². The third kappa shape index (κ3) is 4.27. The Morgan fingerprint density at radius 3 is 2.71 bits per heavy atom. The van der Waals surface area contributed by atoms with Crippen molar-refractivity contribution in [2.75, 3.05) is 12.1 Å². The Morgan fingerprint density at radius 1 is 1.29 bits per heavy atom. The van der Waals surface area contributed by atoms with E-state index in [4.69, 9.17) is 14.6 Å².